The molecule has 0 atom stereocenters. The molecule has 0 unspecified atom stereocenters. The van der Waals surface area contributed by atoms with Gasteiger partial charge in [0, 0.05) is 0 Å². The summed E-state index contributed by atoms with van der Waals surface area (Å²) in [4.78, 5) is 9.44. The minimum Gasteiger partial charge on any atom is -0.449 e. The van der Waals surface area contributed by atoms with Gasteiger partial charge in [-0.15, -0.1) is 0 Å². The van der Waals surface area contributed by atoms with Crippen LogP contribution in [0.1, 0.15) is 0 Å². The van der Waals surface area contributed by atoms with Crippen molar-refractivity contribution in [3.8, 4) is 0 Å². The van der Waals surface area contributed by atoms with Gasteiger partial charge in [-0.25, -0.2) is 4.79 Å². The number of ether oxygens (including phenoxy) is 1. The van der Waals surface area contributed by atoms with Crippen LogP contribution in [0.5, 0.6) is 0 Å². The molecular formula is C4H3F3O3. The molecule has 10 heavy (non-hydrogen) atoms. The first-order valence-electron chi connectivity index (χ1n) is 2.06. The molecule has 0 fully saturated rings. The number of hydrogen-bond donors (Lipinski definition) is 1. The number of hydrogen-bond acceptors (Lipinski definition) is 2. The maximum Gasteiger partial charge on any atom is 0.510 e. The smallest absolute Gasteiger partial charge is 0.449 e. The fraction of sp³-hybridized carbons (Fsp3) is 0.250. The highest BCUT2D eigenvalue weighted by Crippen LogP contribution is 2.15. The Bertz CT molecular complexity index is 148. The second kappa shape index (κ2) is 3.09. The highest BCUT2D eigenvalue weighted by atomic mass is 19.4. The molecule has 58 valence electrons. The van der Waals surface area contributed by atoms with Crippen molar-refractivity contribution in [2.24, 2.45) is 0 Å². The lowest BCUT2D eigenvalue weighted by atomic mass is 10.6. The second-order valence-electron chi connectivity index (χ2n) is 1.23. The van der Waals surface area contributed by atoms with Gasteiger partial charge in [0.15, 0.2) is 0 Å². The molecule has 0 radical (unpaired) electrons. The van der Waals surface area contributed by atoms with Gasteiger partial charge >= 0.3 is 12.3 Å². The predicted molar refractivity (Wildman–Crippen MR) is 24.3 cm³/mol. The molecule has 0 saturated heterocycles. The SMILES string of the molecule is O=C(O)OC=CC(F)(F)F. The number of carbonyl (C=O) groups is 1. The zero-order valence-corrected chi connectivity index (χ0v) is 4.55. The van der Waals surface area contributed by atoms with Crippen molar-refractivity contribution in [3.63, 3.8) is 0 Å². The molecule has 0 bridgehead atoms. The zero-order valence-electron chi connectivity index (χ0n) is 4.55. The van der Waals surface area contributed by atoms with Crippen molar-refractivity contribution >= 4 is 6.16 Å². The van der Waals surface area contributed by atoms with Crippen molar-refractivity contribution in [2.75, 3.05) is 0 Å². The molecule has 0 heterocycles. The van der Waals surface area contributed by atoms with Crippen LogP contribution in [0.15, 0.2) is 12.3 Å². The molecule has 0 aromatic heterocycles. The van der Waals surface area contributed by atoms with Crippen LogP contribution in [0.2, 0.25) is 0 Å². The average Bonchev–Trinajstić information content (AvgIpc) is 1.59. The lowest BCUT2D eigenvalue weighted by Crippen LogP contribution is -2.02. The first-order chi connectivity index (χ1) is 4.42. The molecule has 1 N–H and O–H groups in total. The van der Waals surface area contributed by atoms with Gasteiger partial charge in [-0.05, 0) is 0 Å². The Morgan fingerprint density at radius 3 is 2.30 bits per heavy atom. The van der Waals surface area contributed by atoms with Crippen molar-refractivity contribution in [1.82, 2.24) is 0 Å². The fourth-order valence-electron chi connectivity index (χ4n) is 0.169. The standard InChI is InChI=1S/C4H3F3O3/c5-4(6,7)1-2-10-3(8)9/h1-2H,(H,8,9). The normalized spacial score (nSPS) is 11.9. The van der Waals surface area contributed by atoms with E-state index in [1.165, 1.54) is 0 Å². The molecule has 0 amide bonds. The number of allylic oxidation sites excluding steroid dienone is 1. The van der Waals surface area contributed by atoms with Gasteiger partial charge < -0.3 is 9.84 Å². The Balaban J connectivity index is 3.67. The molecule has 3 nitrogen and oxygen atoms in total. The third kappa shape index (κ3) is 6.80. The molecule has 0 aliphatic heterocycles. The lowest BCUT2D eigenvalue weighted by Gasteiger charge is -1.95. The summed E-state index contributed by atoms with van der Waals surface area (Å²) in [6.45, 7) is 0. The van der Waals surface area contributed by atoms with E-state index in [0.717, 1.165) is 0 Å². The molecule has 0 saturated carbocycles. The van der Waals surface area contributed by atoms with Crippen molar-refractivity contribution in [1.29, 1.82) is 0 Å². The topological polar surface area (TPSA) is 46.5 Å². The molecule has 6 heteroatoms. The van der Waals surface area contributed by atoms with E-state index >= 15 is 0 Å². The Morgan fingerprint density at radius 1 is 1.50 bits per heavy atom. The molecule has 0 aliphatic rings. The second-order valence-corrected chi connectivity index (χ2v) is 1.23. The summed E-state index contributed by atoms with van der Waals surface area (Å²) in [6, 6.07) is 0. The fourth-order valence-corrected chi connectivity index (χ4v) is 0.169. The quantitative estimate of drug-likeness (QED) is 0.464. The third-order valence-electron chi connectivity index (χ3n) is 0.426. The van der Waals surface area contributed by atoms with Crippen LogP contribution in [-0.4, -0.2) is 17.4 Å². The van der Waals surface area contributed by atoms with E-state index in [2.05, 4.69) is 4.74 Å². The maximum absolute atomic E-state index is 11.1. The summed E-state index contributed by atoms with van der Waals surface area (Å²) < 4.78 is 36.9. The number of alkyl halides is 3. The van der Waals surface area contributed by atoms with Gasteiger partial charge in [0.05, 0.1) is 6.08 Å². The summed E-state index contributed by atoms with van der Waals surface area (Å²) in [7, 11) is 0. The van der Waals surface area contributed by atoms with Crippen LogP contribution in [0, 0.1) is 0 Å². The van der Waals surface area contributed by atoms with Gasteiger partial charge in [0.2, 0.25) is 0 Å². The first-order valence-corrected chi connectivity index (χ1v) is 2.06. The predicted octanol–water partition coefficient (Wildman–Crippen LogP) is 1.76. The van der Waals surface area contributed by atoms with Gasteiger partial charge in [-0.1, -0.05) is 0 Å². The molecule has 0 rings (SSSR count). The van der Waals surface area contributed by atoms with Crippen molar-refractivity contribution in [3.05, 3.63) is 12.3 Å². The van der Waals surface area contributed by atoms with Crippen LogP contribution in [0.25, 0.3) is 0 Å². The maximum atomic E-state index is 11.1. The molecule has 0 aliphatic carbocycles. The van der Waals surface area contributed by atoms with E-state index in [0.29, 0.717) is 0 Å². The van der Waals surface area contributed by atoms with E-state index < -0.39 is 12.3 Å². The van der Waals surface area contributed by atoms with Crippen LogP contribution in [-0.2, 0) is 4.74 Å². The Kier molecular flexibility index (Phi) is 2.72. The van der Waals surface area contributed by atoms with Crippen molar-refractivity contribution < 1.29 is 27.8 Å². The van der Waals surface area contributed by atoms with Gasteiger partial charge in [-0.3, -0.25) is 0 Å². The van der Waals surface area contributed by atoms with E-state index in [4.69, 9.17) is 5.11 Å². The third-order valence-corrected chi connectivity index (χ3v) is 0.426. The zero-order chi connectivity index (χ0) is 8.20. The highest BCUT2D eigenvalue weighted by molar-refractivity contribution is 5.57. The number of halogens is 3. The summed E-state index contributed by atoms with van der Waals surface area (Å²) >= 11 is 0. The molecule has 0 aromatic carbocycles. The lowest BCUT2D eigenvalue weighted by molar-refractivity contribution is -0.0812. The van der Waals surface area contributed by atoms with Crippen LogP contribution >= 0.6 is 0 Å². The average molecular weight is 156 g/mol. The monoisotopic (exact) mass is 156 g/mol. The molecule has 0 spiro atoms. The minimum atomic E-state index is -4.53. The van der Waals surface area contributed by atoms with Crippen molar-refractivity contribution in [2.45, 2.75) is 6.18 Å². The summed E-state index contributed by atoms with van der Waals surface area (Å²) in [5, 5.41) is 7.67. The summed E-state index contributed by atoms with van der Waals surface area (Å²) in [6.07, 6.45) is -6.57. The van der Waals surface area contributed by atoms with E-state index in [-0.39, 0.29) is 12.3 Å². The van der Waals surface area contributed by atoms with Gasteiger partial charge in [0.1, 0.15) is 6.26 Å². The van der Waals surface area contributed by atoms with Crippen LogP contribution in [0.4, 0.5) is 18.0 Å². The summed E-state index contributed by atoms with van der Waals surface area (Å²) in [5.74, 6) is 0. The van der Waals surface area contributed by atoms with E-state index in [1.807, 2.05) is 0 Å². The Labute approximate surface area is 53.7 Å². The van der Waals surface area contributed by atoms with Crippen LogP contribution < -0.4 is 0 Å². The largest absolute Gasteiger partial charge is 0.510 e. The van der Waals surface area contributed by atoms with Gasteiger partial charge in [-0.2, -0.15) is 13.2 Å². The Morgan fingerprint density at radius 2 is 2.00 bits per heavy atom. The van der Waals surface area contributed by atoms with Gasteiger partial charge in [0.25, 0.3) is 0 Å². The molecule has 0 aromatic rings. The van der Waals surface area contributed by atoms with E-state index in [9.17, 15) is 18.0 Å². The Hall–Kier alpha value is -1.20. The van der Waals surface area contributed by atoms with Crippen LogP contribution in [0.3, 0.4) is 0 Å². The highest BCUT2D eigenvalue weighted by Gasteiger charge is 2.22. The molecular weight excluding hydrogens is 153 g/mol. The minimum absolute atomic E-state index is 0.0579. The number of rotatable bonds is 1. The first kappa shape index (κ1) is 8.80. The van der Waals surface area contributed by atoms with E-state index in [1.54, 1.807) is 0 Å². The number of carboxylic acid groups (broad SMARTS) is 1. The summed E-state index contributed by atoms with van der Waals surface area (Å²) in [5.41, 5.74) is 0.